The number of carbonyl (C=O) groups is 1. The predicted octanol–water partition coefficient (Wildman–Crippen LogP) is 5.40. The molecular weight excluding hydrogens is 436 g/mol. The van der Waals surface area contributed by atoms with Crippen molar-refractivity contribution in [2.75, 3.05) is 26.3 Å². The number of piperidine rings is 1. The zero-order valence-electron chi connectivity index (χ0n) is 20.4. The maximum atomic E-state index is 12.8. The quantitative estimate of drug-likeness (QED) is 0.502. The third kappa shape index (κ3) is 6.04. The van der Waals surface area contributed by atoms with E-state index in [1.807, 2.05) is 37.3 Å². The molecule has 0 saturated carbocycles. The van der Waals surface area contributed by atoms with Gasteiger partial charge in [0, 0.05) is 12.1 Å². The van der Waals surface area contributed by atoms with Gasteiger partial charge in [0.25, 0.3) is 5.91 Å². The standard InChI is InChI=1S/C30H34N2O3/c1-22(27-11-12-28-29(20-27)35-18-17-34-28)31-30(33)26-9-7-25(8-10-26)21-32-15-13-24(14-16-32)19-23-5-3-2-4-6-23/h2-12,20,22,24H,13-19,21H2,1H3,(H,31,33). The highest BCUT2D eigenvalue weighted by molar-refractivity contribution is 5.94. The van der Waals surface area contributed by atoms with Crippen LogP contribution in [0.4, 0.5) is 0 Å². The van der Waals surface area contributed by atoms with Gasteiger partial charge in [0.15, 0.2) is 11.5 Å². The van der Waals surface area contributed by atoms with Gasteiger partial charge in [0.2, 0.25) is 0 Å². The molecule has 5 nitrogen and oxygen atoms in total. The highest BCUT2D eigenvalue weighted by Crippen LogP contribution is 2.32. The summed E-state index contributed by atoms with van der Waals surface area (Å²) in [4.78, 5) is 15.4. The fraction of sp³-hybridized carbons (Fsp3) is 0.367. The van der Waals surface area contributed by atoms with Gasteiger partial charge in [0.1, 0.15) is 13.2 Å². The van der Waals surface area contributed by atoms with Gasteiger partial charge in [-0.05, 0) is 86.1 Å². The molecule has 3 aromatic rings. The molecule has 0 aliphatic carbocycles. The first kappa shape index (κ1) is 23.4. The second kappa shape index (κ2) is 11.0. The Labute approximate surface area is 208 Å². The lowest BCUT2D eigenvalue weighted by atomic mass is 9.90. The van der Waals surface area contributed by atoms with E-state index in [2.05, 4.69) is 52.7 Å². The van der Waals surface area contributed by atoms with Crippen molar-refractivity contribution >= 4 is 5.91 Å². The molecule has 1 amide bonds. The lowest BCUT2D eigenvalue weighted by Gasteiger charge is -2.32. The summed E-state index contributed by atoms with van der Waals surface area (Å²) in [6, 6.07) is 24.6. The lowest BCUT2D eigenvalue weighted by molar-refractivity contribution is 0.0939. The number of nitrogens with one attached hydrogen (secondary N) is 1. The minimum absolute atomic E-state index is 0.0688. The van der Waals surface area contributed by atoms with Crippen LogP contribution in [0.3, 0.4) is 0 Å². The molecule has 1 N–H and O–H groups in total. The van der Waals surface area contributed by atoms with Gasteiger partial charge in [-0.3, -0.25) is 9.69 Å². The van der Waals surface area contributed by atoms with E-state index >= 15 is 0 Å². The summed E-state index contributed by atoms with van der Waals surface area (Å²) >= 11 is 0. The van der Waals surface area contributed by atoms with Crippen LogP contribution in [-0.4, -0.2) is 37.1 Å². The SMILES string of the molecule is CC(NC(=O)c1ccc(CN2CCC(Cc3ccccc3)CC2)cc1)c1ccc2c(c1)OCCO2. The normalized spacial score (nSPS) is 17.1. The Morgan fingerprint density at radius 3 is 2.37 bits per heavy atom. The molecule has 1 saturated heterocycles. The van der Waals surface area contributed by atoms with Gasteiger partial charge < -0.3 is 14.8 Å². The molecule has 5 rings (SSSR count). The smallest absolute Gasteiger partial charge is 0.251 e. The van der Waals surface area contributed by atoms with E-state index < -0.39 is 0 Å². The second-order valence-corrected chi connectivity index (χ2v) is 9.70. The molecule has 2 aliphatic heterocycles. The highest BCUT2D eigenvalue weighted by atomic mass is 16.6. The first-order valence-corrected chi connectivity index (χ1v) is 12.7. The molecule has 2 aliphatic rings. The monoisotopic (exact) mass is 470 g/mol. The predicted molar refractivity (Wildman–Crippen MR) is 138 cm³/mol. The molecule has 0 spiro atoms. The Bertz CT molecular complexity index is 1120. The van der Waals surface area contributed by atoms with Crippen LogP contribution in [-0.2, 0) is 13.0 Å². The number of amides is 1. The van der Waals surface area contributed by atoms with Crippen LogP contribution in [0.25, 0.3) is 0 Å². The largest absolute Gasteiger partial charge is 0.486 e. The zero-order valence-corrected chi connectivity index (χ0v) is 20.4. The Kier molecular flexibility index (Phi) is 7.34. The van der Waals surface area contributed by atoms with Crippen LogP contribution < -0.4 is 14.8 Å². The van der Waals surface area contributed by atoms with E-state index in [-0.39, 0.29) is 11.9 Å². The summed E-state index contributed by atoms with van der Waals surface area (Å²) in [6.45, 7) is 6.31. The highest BCUT2D eigenvalue weighted by Gasteiger charge is 2.20. The number of carbonyl (C=O) groups excluding carboxylic acids is 1. The van der Waals surface area contributed by atoms with Gasteiger partial charge in [-0.2, -0.15) is 0 Å². The Balaban J connectivity index is 1.10. The molecule has 182 valence electrons. The minimum Gasteiger partial charge on any atom is -0.486 e. The van der Waals surface area contributed by atoms with Crippen molar-refractivity contribution < 1.29 is 14.3 Å². The summed E-state index contributed by atoms with van der Waals surface area (Å²) < 4.78 is 11.3. The molecule has 35 heavy (non-hydrogen) atoms. The number of fused-ring (bicyclic) bond motifs is 1. The van der Waals surface area contributed by atoms with E-state index in [9.17, 15) is 4.79 Å². The van der Waals surface area contributed by atoms with Crippen molar-refractivity contribution in [2.24, 2.45) is 5.92 Å². The summed E-state index contributed by atoms with van der Waals surface area (Å²) in [7, 11) is 0. The van der Waals surface area contributed by atoms with Crippen molar-refractivity contribution in [3.8, 4) is 11.5 Å². The zero-order chi connectivity index (χ0) is 24.0. The Morgan fingerprint density at radius 2 is 1.63 bits per heavy atom. The van der Waals surface area contributed by atoms with Gasteiger partial charge in [-0.15, -0.1) is 0 Å². The van der Waals surface area contributed by atoms with Gasteiger partial charge in [-0.1, -0.05) is 48.5 Å². The first-order chi connectivity index (χ1) is 17.1. The number of likely N-dealkylation sites (tertiary alicyclic amines) is 1. The van der Waals surface area contributed by atoms with Crippen molar-refractivity contribution in [3.63, 3.8) is 0 Å². The number of ether oxygens (including phenoxy) is 2. The van der Waals surface area contributed by atoms with Crippen LogP contribution in [0.2, 0.25) is 0 Å². The van der Waals surface area contributed by atoms with Crippen LogP contribution in [0, 0.1) is 5.92 Å². The molecule has 5 heteroatoms. The first-order valence-electron chi connectivity index (χ1n) is 12.7. The van der Waals surface area contributed by atoms with Crippen LogP contribution in [0.1, 0.15) is 52.9 Å². The summed E-state index contributed by atoms with van der Waals surface area (Å²) in [6.07, 6.45) is 3.67. The summed E-state index contributed by atoms with van der Waals surface area (Å²) in [5.74, 6) is 2.20. The molecule has 0 radical (unpaired) electrons. The molecule has 3 aromatic carbocycles. The van der Waals surface area contributed by atoms with Crippen LogP contribution >= 0.6 is 0 Å². The maximum absolute atomic E-state index is 12.8. The summed E-state index contributed by atoms with van der Waals surface area (Å²) in [5.41, 5.74) is 4.38. The number of hydrogen-bond acceptors (Lipinski definition) is 4. The lowest BCUT2D eigenvalue weighted by Crippen LogP contribution is -2.33. The van der Waals surface area contributed by atoms with Crippen molar-refractivity contribution in [3.05, 3.63) is 95.1 Å². The molecule has 1 atom stereocenters. The van der Waals surface area contributed by atoms with E-state index in [0.29, 0.717) is 18.8 Å². The van der Waals surface area contributed by atoms with E-state index in [0.717, 1.165) is 42.6 Å². The summed E-state index contributed by atoms with van der Waals surface area (Å²) in [5, 5.41) is 3.10. The van der Waals surface area contributed by atoms with Crippen molar-refractivity contribution in [2.45, 2.75) is 38.8 Å². The number of rotatable bonds is 7. The molecular formula is C30H34N2O3. The van der Waals surface area contributed by atoms with E-state index in [4.69, 9.17) is 9.47 Å². The van der Waals surface area contributed by atoms with Gasteiger partial charge in [-0.25, -0.2) is 0 Å². The topological polar surface area (TPSA) is 50.8 Å². The average Bonchev–Trinajstić information content (AvgIpc) is 2.90. The van der Waals surface area contributed by atoms with E-state index in [1.54, 1.807) is 0 Å². The minimum atomic E-state index is -0.129. The van der Waals surface area contributed by atoms with Crippen molar-refractivity contribution in [1.29, 1.82) is 0 Å². The average molecular weight is 471 g/mol. The Morgan fingerprint density at radius 1 is 0.914 bits per heavy atom. The third-order valence-electron chi connectivity index (χ3n) is 7.11. The van der Waals surface area contributed by atoms with Crippen molar-refractivity contribution in [1.82, 2.24) is 10.2 Å². The molecule has 0 bridgehead atoms. The fourth-order valence-corrected chi connectivity index (χ4v) is 5.01. The number of hydrogen-bond donors (Lipinski definition) is 1. The van der Waals surface area contributed by atoms with Gasteiger partial charge >= 0.3 is 0 Å². The number of benzene rings is 3. The van der Waals surface area contributed by atoms with E-state index in [1.165, 1.54) is 30.4 Å². The van der Waals surface area contributed by atoms with Crippen LogP contribution in [0.15, 0.2) is 72.8 Å². The molecule has 0 aromatic heterocycles. The van der Waals surface area contributed by atoms with Gasteiger partial charge in [0.05, 0.1) is 6.04 Å². The van der Waals surface area contributed by atoms with Crippen LogP contribution in [0.5, 0.6) is 11.5 Å². The maximum Gasteiger partial charge on any atom is 0.251 e. The second-order valence-electron chi connectivity index (χ2n) is 9.70. The number of nitrogens with zero attached hydrogens (tertiary/aromatic N) is 1. The molecule has 1 unspecified atom stereocenters. The molecule has 1 fully saturated rings. The fourth-order valence-electron chi connectivity index (χ4n) is 5.01. The third-order valence-corrected chi connectivity index (χ3v) is 7.11. The Hall–Kier alpha value is -3.31. The molecule has 2 heterocycles.